The second-order valence-corrected chi connectivity index (χ2v) is 6.21. The molecule has 2 heterocycles. The maximum Gasteiger partial charge on any atom is 0.123 e. The summed E-state index contributed by atoms with van der Waals surface area (Å²) in [5, 5.41) is 0. The van der Waals surface area contributed by atoms with Gasteiger partial charge in [0.15, 0.2) is 0 Å². The highest BCUT2D eigenvalue weighted by molar-refractivity contribution is 5.16. The van der Waals surface area contributed by atoms with Crippen LogP contribution in [0.15, 0.2) is 24.3 Å². The van der Waals surface area contributed by atoms with Crippen molar-refractivity contribution in [3.8, 4) is 0 Å². The van der Waals surface area contributed by atoms with Crippen LogP contribution < -0.4 is 0 Å². The van der Waals surface area contributed by atoms with Crippen molar-refractivity contribution in [2.24, 2.45) is 0 Å². The van der Waals surface area contributed by atoms with Crippen molar-refractivity contribution in [2.45, 2.75) is 38.5 Å². The van der Waals surface area contributed by atoms with Gasteiger partial charge in [0, 0.05) is 37.8 Å². The monoisotopic (exact) mass is 278 g/mol. The smallest absolute Gasteiger partial charge is 0.123 e. The number of morpholine rings is 1. The average molecular weight is 278 g/mol. The summed E-state index contributed by atoms with van der Waals surface area (Å²) < 4.78 is 19.0. The molecule has 2 atom stereocenters. The first-order valence-corrected chi connectivity index (χ1v) is 7.45. The molecule has 2 bridgehead atoms. The van der Waals surface area contributed by atoms with Crippen molar-refractivity contribution in [1.82, 2.24) is 9.80 Å². The summed E-state index contributed by atoms with van der Waals surface area (Å²) in [6.07, 6.45) is 0. The quantitative estimate of drug-likeness (QED) is 0.842. The molecule has 4 heteroatoms. The molecule has 0 amide bonds. The van der Waals surface area contributed by atoms with Crippen LogP contribution in [0, 0.1) is 5.82 Å². The first kappa shape index (κ1) is 14.0. The Morgan fingerprint density at radius 1 is 1.25 bits per heavy atom. The molecule has 20 heavy (non-hydrogen) atoms. The third-order valence-corrected chi connectivity index (χ3v) is 4.29. The third-order valence-electron chi connectivity index (χ3n) is 4.29. The molecule has 2 saturated heterocycles. The summed E-state index contributed by atoms with van der Waals surface area (Å²) in [7, 11) is 0. The molecule has 0 spiro atoms. The first-order valence-electron chi connectivity index (χ1n) is 7.45. The lowest BCUT2D eigenvalue weighted by molar-refractivity contribution is -0.111. The molecule has 0 aliphatic carbocycles. The summed E-state index contributed by atoms with van der Waals surface area (Å²) >= 11 is 0. The van der Waals surface area contributed by atoms with Crippen LogP contribution in [0.3, 0.4) is 0 Å². The van der Waals surface area contributed by atoms with Gasteiger partial charge in [0.25, 0.3) is 0 Å². The van der Waals surface area contributed by atoms with Crippen LogP contribution in [0.4, 0.5) is 4.39 Å². The molecule has 0 N–H and O–H groups in total. The maximum absolute atomic E-state index is 13.3. The Morgan fingerprint density at radius 2 is 1.95 bits per heavy atom. The van der Waals surface area contributed by atoms with Gasteiger partial charge in [0.2, 0.25) is 0 Å². The van der Waals surface area contributed by atoms with E-state index in [1.807, 2.05) is 6.07 Å². The van der Waals surface area contributed by atoms with Gasteiger partial charge in [-0.05, 0) is 31.5 Å². The van der Waals surface area contributed by atoms with Crippen molar-refractivity contribution < 1.29 is 9.13 Å². The van der Waals surface area contributed by atoms with Gasteiger partial charge < -0.3 is 4.74 Å². The number of benzene rings is 1. The normalized spacial score (nSPS) is 28.0. The second kappa shape index (κ2) is 5.80. The lowest BCUT2D eigenvalue weighted by atomic mass is 10.0. The van der Waals surface area contributed by atoms with Crippen molar-refractivity contribution in [3.05, 3.63) is 35.6 Å². The Hall–Kier alpha value is -0.970. The summed E-state index contributed by atoms with van der Waals surface area (Å²) in [4.78, 5) is 5.02. The maximum atomic E-state index is 13.3. The second-order valence-electron chi connectivity index (χ2n) is 6.21. The number of ether oxygens (including phenoxy) is 1. The number of nitrogens with zero attached hydrogens (tertiary/aromatic N) is 2. The number of halogens is 1. The van der Waals surface area contributed by atoms with Crippen LogP contribution in [-0.2, 0) is 11.3 Å². The Kier molecular flexibility index (Phi) is 4.06. The van der Waals surface area contributed by atoms with Crippen molar-refractivity contribution in [3.63, 3.8) is 0 Å². The zero-order chi connectivity index (χ0) is 14.1. The minimum absolute atomic E-state index is 0.146. The lowest BCUT2D eigenvalue weighted by Crippen LogP contribution is -2.65. The summed E-state index contributed by atoms with van der Waals surface area (Å²) in [5.41, 5.74) is 1.06. The molecule has 0 aromatic heterocycles. The molecule has 2 aliphatic rings. The standard InChI is InChI=1S/C16H23FN2O/c1-12(2)19-15-8-18(9-16(19)11-20-10-15)7-13-4-3-5-14(17)6-13/h3-6,12,15-16H,7-11H2,1-2H3. The highest BCUT2D eigenvalue weighted by atomic mass is 19.1. The Morgan fingerprint density at radius 3 is 2.55 bits per heavy atom. The molecule has 1 aromatic rings. The predicted octanol–water partition coefficient (Wildman–Crippen LogP) is 2.12. The van der Waals surface area contributed by atoms with Crippen molar-refractivity contribution in [2.75, 3.05) is 26.3 Å². The van der Waals surface area contributed by atoms with E-state index >= 15 is 0 Å². The van der Waals surface area contributed by atoms with E-state index in [1.165, 1.54) is 6.07 Å². The average Bonchev–Trinajstić information content (AvgIpc) is 2.37. The number of fused-ring (bicyclic) bond motifs is 2. The van der Waals surface area contributed by atoms with Crippen LogP contribution in [0.5, 0.6) is 0 Å². The van der Waals surface area contributed by atoms with E-state index in [-0.39, 0.29) is 5.82 Å². The third kappa shape index (κ3) is 2.87. The van der Waals surface area contributed by atoms with E-state index in [4.69, 9.17) is 4.74 Å². The highest BCUT2D eigenvalue weighted by Gasteiger charge is 2.39. The number of hydrogen-bond donors (Lipinski definition) is 0. The summed E-state index contributed by atoms with van der Waals surface area (Å²) in [5.74, 6) is -0.146. The van der Waals surface area contributed by atoms with Gasteiger partial charge in [0.05, 0.1) is 13.2 Å². The van der Waals surface area contributed by atoms with Crippen molar-refractivity contribution >= 4 is 0 Å². The topological polar surface area (TPSA) is 15.7 Å². The molecule has 3 nitrogen and oxygen atoms in total. The van der Waals surface area contributed by atoms with E-state index in [1.54, 1.807) is 12.1 Å². The van der Waals surface area contributed by atoms with Gasteiger partial charge >= 0.3 is 0 Å². The van der Waals surface area contributed by atoms with E-state index < -0.39 is 0 Å². The van der Waals surface area contributed by atoms with Crippen LogP contribution in [0.1, 0.15) is 19.4 Å². The Balaban J connectivity index is 1.69. The van der Waals surface area contributed by atoms with Crippen molar-refractivity contribution in [1.29, 1.82) is 0 Å². The molecule has 1 aromatic carbocycles. The molecule has 0 radical (unpaired) electrons. The van der Waals surface area contributed by atoms with E-state index in [0.717, 1.165) is 38.4 Å². The SMILES string of the molecule is CC(C)N1C2COCC1CN(Cc1cccc(F)c1)C2. The first-order chi connectivity index (χ1) is 9.63. The molecule has 2 unspecified atom stereocenters. The number of piperazine rings is 1. The molecule has 110 valence electrons. The molecule has 2 aliphatic heterocycles. The minimum Gasteiger partial charge on any atom is -0.378 e. The van der Waals surface area contributed by atoms with Gasteiger partial charge in [-0.15, -0.1) is 0 Å². The lowest BCUT2D eigenvalue weighted by Gasteiger charge is -2.51. The largest absolute Gasteiger partial charge is 0.378 e. The van der Waals surface area contributed by atoms with Crippen LogP contribution in [-0.4, -0.2) is 54.2 Å². The predicted molar refractivity (Wildman–Crippen MR) is 77.0 cm³/mol. The highest BCUT2D eigenvalue weighted by Crippen LogP contribution is 2.24. The van der Waals surface area contributed by atoms with Gasteiger partial charge in [-0.2, -0.15) is 0 Å². The molecule has 3 rings (SSSR count). The van der Waals surface area contributed by atoms with Gasteiger partial charge in [-0.1, -0.05) is 12.1 Å². The molecular formula is C16H23FN2O. The number of rotatable bonds is 3. The van der Waals surface area contributed by atoms with Crippen LogP contribution in [0.25, 0.3) is 0 Å². The molecule has 2 fully saturated rings. The molecule has 0 saturated carbocycles. The fourth-order valence-corrected chi connectivity index (χ4v) is 3.64. The zero-order valence-electron chi connectivity index (χ0n) is 12.3. The summed E-state index contributed by atoms with van der Waals surface area (Å²) in [6.45, 7) is 8.98. The van der Waals surface area contributed by atoms with E-state index in [0.29, 0.717) is 18.1 Å². The zero-order valence-corrected chi connectivity index (χ0v) is 12.3. The Bertz CT molecular complexity index is 452. The fourth-order valence-electron chi connectivity index (χ4n) is 3.64. The fraction of sp³-hybridized carbons (Fsp3) is 0.625. The number of hydrogen-bond acceptors (Lipinski definition) is 3. The molecular weight excluding hydrogens is 255 g/mol. The van der Waals surface area contributed by atoms with E-state index in [2.05, 4.69) is 23.6 Å². The van der Waals surface area contributed by atoms with Gasteiger partial charge in [-0.3, -0.25) is 9.80 Å². The minimum atomic E-state index is -0.146. The van der Waals surface area contributed by atoms with Gasteiger partial charge in [-0.25, -0.2) is 4.39 Å². The van der Waals surface area contributed by atoms with Crippen LogP contribution >= 0.6 is 0 Å². The van der Waals surface area contributed by atoms with Crippen LogP contribution in [0.2, 0.25) is 0 Å². The van der Waals surface area contributed by atoms with Gasteiger partial charge in [0.1, 0.15) is 5.82 Å². The summed E-state index contributed by atoms with van der Waals surface area (Å²) in [6, 6.07) is 8.44. The van der Waals surface area contributed by atoms with E-state index in [9.17, 15) is 4.39 Å². The Labute approximate surface area is 120 Å².